The molecule has 2 atom stereocenters. The van der Waals surface area contributed by atoms with E-state index in [1.807, 2.05) is 26.8 Å². The van der Waals surface area contributed by atoms with E-state index in [4.69, 9.17) is 4.74 Å². The van der Waals surface area contributed by atoms with Crippen molar-refractivity contribution in [1.29, 1.82) is 0 Å². The molecule has 1 rings (SSSR count). The van der Waals surface area contributed by atoms with Crippen LogP contribution in [0.2, 0.25) is 0 Å². The van der Waals surface area contributed by atoms with E-state index in [0.717, 1.165) is 19.4 Å². The van der Waals surface area contributed by atoms with Gasteiger partial charge in [-0.25, -0.2) is 0 Å². The van der Waals surface area contributed by atoms with Crippen molar-refractivity contribution in [3.05, 3.63) is 12.7 Å². The van der Waals surface area contributed by atoms with Crippen LogP contribution in [0.5, 0.6) is 0 Å². The van der Waals surface area contributed by atoms with Crippen LogP contribution in [0, 0.1) is 0 Å². The molecule has 0 radical (unpaired) electrons. The monoisotopic (exact) mass is 225 g/mol. The second-order valence-corrected chi connectivity index (χ2v) is 5.41. The summed E-state index contributed by atoms with van der Waals surface area (Å²) < 4.78 is 5.43. The molecule has 0 aromatic carbocycles. The summed E-state index contributed by atoms with van der Waals surface area (Å²) in [7, 11) is 0. The lowest BCUT2D eigenvalue weighted by Crippen LogP contribution is -2.43. The van der Waals surface area contributed by atoms with Gasteiger partial charge >= 0.3 is 5.97 Å². The van der Waals surface area contributed by atoms with E-state index in [1.54, 1.807) is 0 Å². The number of esters is 1. The zero-order chi connectivity index (χ0) is 12.3. The topological polar surface area (TPSA) is 29.5 Å². The molecule has 1 fully saturated rings. The smallest absolute Gasteiger partial charge is 0.323 e. The van der Waals surface area contributed by atoms with Gasteiger partial charge in [-0.1, -0.05) is 6.08 Å². The Balaban J connectivity index is 2.64. The standard InChI is InChI=1S/C13H23NO2/c1-6-10(2)14-9-7-8-11(14)12(15)16-13(3,4)5/h6,10-11H,1,7-9H2,2-5H3/t10?,11-/m0/s1. The first kappa shape index (κ1) is 13.2. The van der Waals surface area contributed by atoms with Crippen LogP contribution in [0.4, 0.5) is 0 Å². The molecular formula is C13H23NO2. The molecule has 0 bridgehead atoms. The lowest BCUT2D eigenvalue weighted by molar-refractivity contribution is -0.160. The van der Waals surface area contributed by atoms with Crippen molar-refractivity contribution in [3.8, 4) is 0 Å². The number of rotatable bonds is 3. The first-order chi connectivity index (χ1) is 7.35. The van der Waals surface area contributed by atoms with Crippen LogP contribution in [0.1, 0.15) is 40.5 Å². The Morgan fingerprint density at radius 2 is 2.19 bits per heavy atom. The van der Waals surface area contributed by atoms with Crippen LogP contribution in [-0.4, -0.2) is 35.1 Å². The summed E-state index contributed by atoms with van der Waals surface area (Å²) in [5.74, 6) is -0.0984. The molecule has 0 amide bonds. The lowest BCUT2D eigenvalue weighted by Gasteiger charge is -2.29. The summed E-state index contributed by atoms with van der Waals surface area (Å²) in [5.41, 5.74) is -0.400. The maximum atomic E-state index is 12.0. The van der Waals surface area contributed by atoms with E-state index in [0.29, 0.717) is 0 Å². The van der Waals surface area contributed by atoms with Crippen LogP contribution in [0.3, 0.4) is 0 Å². The van der Waals surface area contributed by atoms with Gasteiger partial charge in [0.25, 0.3) is 0 Å². The maximum Gasteiger partial charge on any atom is 0.323 e. The van der Waals surface area contributed by atoms with Crippen LogP contribution in [0.15, 0.2) is 12.7 Å². The number of likely N-dealkylation sites (tertiary alicyclic amines) is 1. The van der Waals surface area contributed by atoms with E-state index in [9.17, 15) is 4.79 Å². The Bertz CT molecular complexity index is 268. The maximum absolute atomic E-state index is 12.0. The molecular weight excluding hydrogens is 202 g/mol. The molecule has 0 spiro atoms. The molecule has 1 saturated heterocycles. The highest BCUT2D eigenvalue weighted by Gasteiger charge is 2.35. The normalized spacial score (nSPS) is 24.1. The van der Waals surface area contributed by atoms with Crippen molar-refractivity contribution in [2.45, 2.75) is 58.2 Å². The molecule has 16 heavy (non-hydrogen) atoms. The zero-order valence-corrected chi connectivity index (χ0v) is 10.8. The summed E-state index contributed by atoms with van der Waals surface area (Å²) in [6, 6.07) is 0.146. The van der Waals surface area contributed by atoms with Gasteiger partial charge in [0.15, 0.2) is 0 Å². The van der Waals surface area contributed by atoms with Gasteiger partial charge in [0.05, 0.1) is 0 Å². The van der Waals surface area contributed by atoms with Gasteiger partial charge in [0.1, 0.15) is 11.6 Å². The molecule has 1 aliphatic rings. The predicted octanol–water partition coefficient (Wildman–Crippen LogP) is 2.37. The second kappa shape index (κ2) is 5.00. The van der Waals surface area contributed by atoms with Crippen LogP contribution < -0.4 is 0 Å². The number of carbonyl (C=O) groups excluding carboxylic acids is 1. The Morgan fingerprint density at radius 3 is 2.69 bits per heavy atom. The summed E-state index contributed by atoms with van der Waals surface area (Å²) >= 11 is 0. The molecule has 3 heteroatoms. The van der Waals surface area contributed by atoms with Gasteiger partial charge in [0, 0.05) is 6.04 Å². The largest absolute Gasteiger partial charge is 0.459 e. The lowest BCUT2D eigenvalue weighted by atomic mass is 10.1. The van der Waals surface area contributed by atoms with Crippen LogP contribution in [0.25, 0.3) is 0 Å². The van der Waals surface area contributed by atoms with Crippen molar-refractivity contribution >= 4 is 5.97 Å². The Kier molecular flexibility index (Phi) is 4.14. The molecule has 0 saturated carbocycles. The minimum Gasteiger partial charge on any atom is -0.459 e. The van der Waals surface area contributed by atoms with Gasteiger partial charge in [-0.15, -0.1) is 6.58 Å². The molecule has 0 aromatic rings. The van der Waals surface area contributed by atoms with E-state index >= 15 is 0 Å². The molecule has 1 unspecified atom stereocenters. The Morgan fingerprint density at radius 1 is 1.56 bits per heavy atom. The van der Waals surface area contributed by atoms with Crippen molar-refractivity contribution in [1.82, 2.24) is 4.90 Å². The summed E-state index contributed by atoms with van der Waals surface area (Å²) in [6.45, 7) is 12.5. The number of hydrogen-bond acceptors (Lipinski definition) is 3. The molecule has 1 heterocycles. The SMILES string of the molecule is C=CC(C)N1CCC[C@H]1C(=O)OC(C)(C)C. The van der Waals surface area contributed by atoms with Crippen molar-refractivity contribution in [2.75, 3.05) is 6.54 Å². The molecule has 0 aromatic heterocycles. The third kappa shape index (κ3) is 3.34. The zero-order valence-electron chi connectivity index (χ0n) is 10.8. The fraction of sp³-hybridized carbons (Fsp3) is 0.769. The van der Waals surface area contributed by atoms with Crippen LogP contribution >= 0.6 is 0 Å². The number of hydrogen-bond donors (Lipinski definition) is 0. The third-order valence-corrected chi connectivity index (χ3v) is 2.84. The number of nitrogens with zero attached hydrogens (tertiary/aromatic N) is 1. The van der Waals surface area contributed by atoms with E-state index < -0.39 is 5.60 Å². The van der Waals surface area contributed by atoms with Gasteiger partial charge < -0.3 is 4.74 Å². The summed E-state index contributed by atoms with van der Waals surface area (Å²) in [6.07, 6.45) is 3.83. The molecule has 0 N–H and O–H groups in total. The van der Waals surface area contributed by atoms with Crippen LogP contribution in [-0.2, 0) is 9.53 Å². The molecule has 0 aliphatic carbocycles. The predicted molar refractivity (Wildman–Crippen MR) is 65.2 cm³/mol. The second-order valence-electron chi connectivity index (χ2n) is 5.41. The fourth-order valence-electron chi connectivity index (χ4n) is 2.03. The van der Waals surface area contributed by atoms with Gasteiger partial charge in [-0.2, -0.15) is 0 Å². The van der Waals surface area contributed by atoms with Crippen molar-refractivity contribution in [3.63, 3.8) is 0 Å². The highest BCUT2D eigenvalue weighted by Crippen LogP contribution is 2.23. The van der Waals surface area contributed by atoms with E-state index in [2.05, 4.69) is 18.4 Å². The molecule has 3 nitrogen and oxygen atoms in total. The highest BCUT2D eigenvalue weighted by molar-refractivity contribution is 5.76. The van der Waals surface area contributed by atoms with Gasteiger partial charge in [-0.05, 0) is 47.1 Å². The van der Waals surface area contributed by atoms with E-state index in [-0.39, 0.29) is 18.1 Å². The van der Waals surface area contributed by atoms with E-state index in [1.165, 1.54) is 0 Å². The molecule has 1 aliphatic heterocycles. The minimum atomic E-state index is -0.400. The van der Waals surface area contributed by atoms with Gasteiger partial charge in [0.2, 0.25) is 0 Å². The average Bonchev–Trinajstić information content (AvgIpc) is 2.62. The number of carbonyl (C=O) groups is 1. The first-order valence-corrected chi connectivity index (χ1v) is 5.96. The first-order valence-electron chi connectivity index (χ1n) is 5.96. The van der Waals surface area contributed by atoms with Crippen molar-refractivity contribution in [2.24, 2.45) is 0 Å². The quantitative estimate of drug-likeness (QED) is 0.545. The number of ether oxygens (including phenoxy) is 1. The minimum absolute atomic E-state index is 0.0905. The highest BCUT2D eigenvalue weighted by atomic mass is 16.6. The Hall–Kier alpha value is -0.830. The summed E-state index contributed by atoms with van der Waals surface area (Å²) in [4.78, 5) is 14.2. The van der Waals surface area contributed by atoms with Gasteiger partial charge in [-0.3, -0.25) is 9.69 Å². The Labute approximate surface area is 98.5 Å². The molecule has 92 valence electrons. The average molecular weight is 225 g/mol. The van der Waals surface area contributed by atoms with Crippen molar-refractivity contribution < 1.29 is 9.53 Å². The fourth-order valence-corrected chi connectivity index (χ4v) is 2.03. The summed E-state index contributed by atoms with van der Waals surface area (Å²) in [5, 5.41) is 0. The third-order valence-electron chi connectivity index (χ3n) is 2.84.